The van der Waals surface area contributed by atoms with Crippen molar-refractivity contribution in [3.05, 3.63) is 35.6 Å². The summed E-state index contributed by atoms with van der Waals surface area (Å²) in [5.41, 5.74) is 0.148. The molecule has 1 N–H and O–H groups in total. The molecule has 0 spiro atoms. The molecule has 2 amide bonds. The normalized spacial score (nSPS) is 18.7. The second-order valence-electron chi connectivity index (χ2n) is 6.60. The van der Waals surface area contributed by atoms with Gasteiger partial charge in [0.1, 0.15) is 5.82 Å². The van der Waals surface area contributed by atoms with Crippen LogP contribution < -0.4 is 5.32 Å². The Balaban J connectivity index is 1.43. The fourth-order valence-electron chi connectivity index (χ4n) is 3.09. The van der Waals surface area contributed by atoms with E-state index < -0.39 is 5.82 Å². The lowest BCUT2D eigenvalue weighted by Gasteiger charge is -2.32. The van der Waals surface area contributed by atoms with Crippen LogP contribution in [0.25, 0.3) is 0 Å². The SMILES string of the molecule is O=C(CCC1CCN(C(=O)c2ccccc2F)CC1)NC1CC1. The number of nitrogens with one attached hydrogen (secondary N) is 1. The van der Waals surface area contributed by atoms with Gasteiger partial charge in [-0.2, -0.15) is 0 Å². The van der Waals surface area contributed by atoms with Crippen molar-refractivity contribution in [2.75, 3.05) is 13.1 Å². The molecule has 2 fully saturated rings. The lowest BCUT2D eigenvalue weighted by atomic mass is 9.91. The average molecular weight is 318 g/mol. The molecule has 0 radical (unpaired) electrons. The third-order valence-electron chi connectivity index (χ3n) is 4.73. The summed E-state index contributed by atoms with van der Waals surface area (Å²) in [4.78, 5) is 25.8. The molecule has 23 heavy (non-hydrogen) atoms. The summed E-state index contributed by atoms with van der Waals surface area (Å²) in [6, 6.07) is 6.54. The highest BCUT2D eigenvalue weighted by molar-refractivity contribution is 5.94. The Labute approximate surface area is 136 Å². The van der Waals surface area contributed by atoms with E-state index >= 15 is 0 Å². The lowest BCUT2D eigenvalue weighted by molar-refractivity contribution is -0.121. The smallest absolute Gasteiger partial charge is 0.256 e. The summed E-state index contributed by atoms with van der Waals surface area (Å²) < 4.78 is 13.7. The van der Waals surface area contributed by atoms with Gasteiger partial charge in [-0.1, -0.05) is 12.1 Å². The molecule has 1 saturated heterocycles. The largest absolute Gasteiger partial charge is 0.353 e. The van der Waals surface area contributed by atoms with Gasteiger partial charge in [0.05, 0.1) is 5.56 Å². The Morgan fingerprint density at radius 2 is 1.83 bits per heavy atom. The number of benzene rings is 1. The second kappa shape index (κ2) is 7.11. The minimum Gasteiger partial charge on any atom is -0.353 e. The van der Waals surface area contributed by atoms with Crippen molar-refractivity contribution in [1.82, 2.24) is 10.2 Å². The van der Waals surface area contributed by atoms with Crippen molar-refractivity contribution in [3.8, 4) is 0 Å². The van der Waals surface area contributed by atoms with E-state index in [-0.39, 0.29) is 17.4 Å². The van der Waals surface area contributed by atoms with E-state index in [9.17, 15) is 14.0 Å². The van der Waals surface area contributed by atoms with Gasteiger partial charge in [0, 0.05) is 25.6 Å². The van der Waals surface area contributed by atoms with Gasteiger partial charge in [0.15, 0.2) is 0 Å². The third-order valence-corrected chi connectivity index (χ3v) is 4.73. The van der Waals surface area contributed by atoms with Gasteiger partial charge in [-0.05, 0) is 50.2 Å². The fourth-order valence-corrected chi connectivity index (χ4v) is 3.09. The number of hydrogen-bond acceptors (Lipinski definition) is 2. The molecule has 5 heteroatoms. The molecule has 124 valence electrons. The average Bonchev–Trinajstić information content (AvgIpc) is 3.37. The van der Waals surface area contributed by atoms with Crippen LogP contribution >= 0.6 is 0 Å². The predicted octanol–water partition coefficient (Wildman–Crippen LogP) is 2.74. The minimum atomic E-state index is -0.462. The first-order valence-corrected chi connectivity index (χ1v) is 8.46. The van der Waals surface area contributed by atoms with Crippen LogP contribution in [0.3, 0.4) is 0 Å². The van der Waals surface area contributed by atoms with E-state index in [2.05, 4.69) is 5.32 Å². The Bertz CT molecular complexity index is 578. The Kier molecular flexibility index (Phi) is 4.94. The highest BCUT2D eigenvalue weighted by Crippen LogP contribution is 2.24. The molecule has 1 aromatic carbocycles. The van der Waals surface area contributed by atoms with Crippen molar-refractivity contribution >= 4 is 11.8 Å². The Morgan fingerprint density at radius 3 is 2.48 bits per heavy atom. The second-order valence-corrected chi connectivity index (χ2v) is 6.60. The monoisotopic (exact) mass is 318 g/mol. The predicted molar refractivity (Wildman–Crippen MR) is 85.4 cm³/mol. The summed E-state index contributed by atoms with van der Waals surface area (Å²) >= 11 is 0. The molecule has 1 aliphatic heterocycles. The van der Waals surface area contributed by atoms with Gasteiger partial charge in [-0.15, -0.1) is 0 Å². The van der Waals surface area contributed by atoms with Gasteiger partial charge in [0.2, 0.25) is 5.91 Å². The van der Waals surface area contributed by atoms with Gasteiger partial charge < -0.3 is 10.2 Å². The van der Waals surface area contributed by atoms with E-state index in [1.807, 2.05) is 0 Å². The highest BCUT2D eigenvalue weighted by atomic mass is 19.1. The summed E-state index contributed by atoms with van der Waals surface area (Å²) in [6.45, 7) is 1.28. The zero-order chi connectivity index (χ0) is 16.2. The van der Waals surface area contributed by atoms with Gasteiger partial charge in [-0.25, -0.2) is 4.39 Å². The zero-order valence-corrected chi connectivity index (χ0v) is 13.3. The number of carbonyl (C=O) groups is 2. The van der Waals surface area contributed by atoms with Crippen molar-refractivity contribution in [2.24, 2.45) is 5.92 Å². The molecule has 0 bridgehead atoms. The quantitative estimate of drug-likeness (QED) is 0.907. The van der Waals surface area contributed by atoms with Crippen LogP contribution in [0.2, 0.25) is 0 Å². The first-order chi connectivity index (χ1) is 11.1. The number of nitrogens with zero attached hydrogens (tertiary/aromatic N) is 1. The Morgan fingerprint density at radius 1 is 1.13 bits per heavy atom. The minimum absolute atomic E-state index is 0.148. The third kappa shape index (κ3) is 4.30. The van der Waals surface area contributed by atoms with Crippen molar-refractivity contribution < 1.29 is 14.0 Å². The van der Waals surface area contributed by atoms with E-state index in [0.717, 1.165) is 32.1 Å². The van der Waals surface area contributed by atoms with Crippen LogP contribution in [0.4, 0.5) is 4.39 Å². The number of hydrogen-bond donors (Lipinski definition) is 1. The zero-order valence-electron chi connectivity index (χ0n) is 13.3. The number of rotatable bonds is 5. The van der Waals surface area contributed by atoms with Crippen molar-refractivity contribution in [1.29, 1.82) is 0 Å². The number of likely N-dealkylation sites (tertiary alicyclic amines) is 1. The van der Waals surface area contributed by atoms with Crippen LogP contribution in [0.1, 0.15) is 48.9 Å². The molecule has 1 aromatic rings. The number of halogens is 1. The highest BCUT2D eigenvalue weighted by Gasteiger charge is 2.26. The van der Waals surface area contributed by atoms with E-state index in [0.29, 0.717) is 31.5 Å². The first-order valence-electron chi connectivity index (χ1n) is 8.46. The molecule has 0 atom stereocenters. The fraction of sp³-hybridized carbons (Fsp3) is 0.556. The van der Waals surface area contributed by atoms with Gasteiger partial charge in [0.25, 0.3) is 5.91 Å². The van der Waals surface area contributed by atoms with Crippen LogP contribution in [-0.2, 0) is 4.79 Å². The summed E-state index contributed by atoms with van der Waals surface area (Å²) in [5.74, 6) is -0.0635. The maximum Gasteiger partial charge on any atom is 0.256 e. The van der Waals surface area contributed by atoms with Gasteiger partial charge in [-0.3, -0.25) is 9.59 Å². The number of piperidine rings is 1. The van der Waals surface area contributed by atoms with E-state index in [1.165, 1.54) is 12.1 Å². The maximum atomic E-state index is 13.7. The van der Waals surface area contributed by atoms with E-state index in [4.69, 9.17) is 0 Å². The molecule has 2 aliphatic rings. The molecule has 1 saturated carbocycles. The van der Waals surface area contributed by atoms with Crippen LogP contribution in [0.5, 0.6) is 0 Å². The van der Waals surface area contributed by atoms with Crippen LogP contribution in [-0.4, -0.2) is 35.8 Å². The topological polar surface area (TPSA) is 49.4 Å². The lowest BCUT2D eigenvalue weighted by Crippen LogP contribution is -2.39. The maximum absolute atomic E-state index is 13.7. The van der Waals surface area contributed by atoms with Gasteiger partial charge >= 0.3 is 0 Å². The van der Waals surface area contributed by atoms with Crippen molar-refractivity contribution in [2.45, 2.75) is 44.6 Å². The molecule has 4 nitrogen and oxygen atoms in total. The molecular formula is C18H23FN2O2. The van der Waals surface area contributed by atoms with Crippen LogP contribution in [0, 0.1) is 11.7 Å². The molecule has 0 unspecified atom stereocenters. The summed E-state index contributed by atoms with van der Waals surface area (Å²) in [7, 11) is 0. The summed E-state index contributed by atoms with van der Waals surface area (Å²) in [5, 5.41) is 3.00. The first kappa shape index (κ1) is 16.0. The number of carbonyl (C=O) groups excluding carboxylic acids is 2. The molecule has 1 heterocycles. The van der Waals surface area contributed by atoms with E-state index in [1.54, 1.807) is 17.0 Å². The molecule has 1 aliphatic carbocycles. The van der Waals surface area contributed by atoms with Crippen molar-refractivity contribution in [3.63, 3.8) is 0 Å². The Hall–Kier alpha value is -1.91. The molecular weight excluding hydrogens is 295 g/mol. The molecule has 3 rings (SSSR count). The molecule has 0 aromatic heterocycles. The van der Waals surface area contributed by atoms with Crippen LogP contribution in [0.15, 0.2) is 24.3 Å². The number of amides is 2. The summed E-state index contributed by atoms with van der Waals surface area (Å²) in [6.07, 6.45) is 5.45. The standard InChI is InChI=1S/C18H23FN2O2/c19-16-4-2-1-3-15(16)18(23)21-11-9-13(10-12-21)5-8-17(22)20-14-6-7-14/h1-4,13-14H,5-12H2,(H,20,22).